The molecule has 1 aliphatic heterocycles. The number of carbonyl (C=O) groups excluding carboxylic acids is 2. The number of aromatic nitrogens is 1. The molecular formula is C15H18N2O4. The Morgan fingerprint density at radius 2 is 1.95 bits per heavy atom. The molecule has 1 aromatic heterocycles. The normalized spacial score (nSPS) is 17.0. The molecule has 0 bridgehead atoms. The SMILES string of the molecule is Cc1cc(C)n(NC(=O)C2=CC(=O)CC(C)(C)O2)c(=O)c1. The summed E-state index contributed by atoms with van der Waals surface area (Å²) in [6.07, 6.45) is 1.38. The Morgan fingerprint density at radius 1 is 1.29 bits per heavy atom. The third-order valence-corrected chi connectivity index (χ3v) is 3.08. The number of hydrogen-bond donors (Lipinski definition) is 1. The van der Waals surface area contributed by atoms with Crippen molar-refractivity contribution in [2.75, 3.05) is 5.43 Å². The van der Waals surface area contributed by atoms with Crippen molar-refractivity contribution in [2.24, 2.45) is 0 Å². The van der Waals surface area contributed by atoms with E-state index in [0.717, 1.165) is 16.3 Å². The van der Waals surface area contributed by atoms with Crippen molar-refractivity contribution >= 4 is 11.7 Å². The zero-order valence-corrected chi connectivity index (χ0v) is 12.5. The first kappa shape index (κ1) is 15.0. The maximum atomic E-state index is 12.2. The van der Waals surface area contributed by atoms with Crippen molar-refractivity contribution in [1.29, 1.82) is 0 Å². The lowest BCUT2D eigenvalue weighted by Crippen LogP contribution is -2.39. The van der Waals surface area contributed by atoms with Gasteiger partial charge < -0.3 is 4.74 Å². The topological polar surface area (TPSA) is 77.4 Å². The van der Waals surface area contributed by atoms with E-state index in [4.69, 9.17) is 4.74 Å². The highest BCUT2D eigenvalue weighted by Crippen LogP contribution is 2.24. The second kappa shape index (κ2) is 5.20. The van der Waals surface area contributed by atoms with E-state index in [1.807, 2.05) is 0 Å². The Labute approximate surface area is 122 Å². The summed E-state index contributed by atoms with van der Waals surface area (Å²) in [6, 6.07) is 3.19. The molecule has 0 radical (unpaired) electrons. The van der Waals surface area contributed by atoms with E-state index in [9.17, 15) is 14.4 Å². The van der Waals surface area contributed by atoms with Crippen LogP contribution in [0.3, 0.4) is 0 Å². The predicted octanol–water partition coefficient (Wildman–Crippen LogP) is 1.19. The Kier molecular flexibility index (Phi) is 3.72. The van der Waals surface area contributed by atoms with Crippen molar-refractivity contribution in [3.63, 3.8) is 0 Å². The molecule has 21 heavy (non-hydrogen) atoms. The van der Waals surface area contributed by atoms with E-state index < -0.39 is 11.5 Å². The smallest absolute Gasteiger partial charge is 0.305 e. The number of rotatable bonds is 2. The summed E-state index contributed by atoms with van der Waals surface area (Å²) in [6.45, 7) is 6.97. The first-order chi connectivity index (χ1) is 9.68. The Morgan fingerprint density at radius 3 is 2.52 bits per heavy atom. The fourth-order valence-corrected chi connectivity index (χ4v) is 2.26. The van der Waals surface area contributed by atoms with E-state index >= 15 is 0 Å². The van der Waals surface area contributed by atoms with Crippen LogP contribution in [0.1, 0.15) is 31.5 Å². The van der Waals surface area contributed by atoms with Gasteiger partial charge in [-0.15, -0.1) is 0 Å². The molecule has 0 aliphatic carbocycles. The largest absolute Gasteiger partial charge is 0.481 e. The molecular weight excluding hydrogens is 272 g/mol. The maximum absolute atomic E-state index is 12.2. The third-order valence-electron chi connectivity index (χ3n) is 3.08. The Hall–Kier alpha value is -2.37. The number of nitrogens with one attached hydrogen (secondary N) is 1. The van der Waals surface area contributed by atoms with Crippen LogP contribution in [-0.2, 0) is 14.3 Å². The maximum Gasteiger partial charge on any atom is 0.305 e. The molecule has 0 unspecified atom stereocenters. The lowest BCUT2D eigenvalue weighted by molar-refractivity contribution is -0.128. The number of pyridine rings is 1. The number of nitrogens with zero attached hydrogens (tertiary/aromatic N) is 1. The van der Waals surface area contributed by atoms with E-state index in [1.165, 1.54) is 6.07 Å². The molecule has 1 aliphatic rings. The van der Waals surface area contributed by atoms with Crippen molar-refractivity contribution in [3.8, 4) is 0 Å². The number of carbonyl (C=O) groups is 2. The van der Waals surface area contributed by atoms with Gasteiger partial charge in [-0.05, 0) is 39.3 Å². The van der Waals surface area contributed by atoms with Crippen molar-refractivity contribution < 1.29 is 14.3 Å². The molecule has 112 valence electrons. The van der Waals surface area contributed by atoms with Crippen LogP contribution in [0.15, 0.2) is 28.8 Å². The van der Waals surface area contributed by atoms with E-state index in [2.05, 4.69) is 5.43 Å². The summed E-state index contributed by atoms with van der Waals surface area (Å²) in [5.41, 5.74) is 2.78. The Bertz CT molecular complexity index is 698. The molecule has 0 fully saturated rings. The average Bonchev–Trinajstić information content (AvgIpc) is 2.30. The molecule has 2 rings (SSSR count). The highest BCUT2D eigenvalue weighted by atomic mass is 16.5. The van der Waals surface area contributed by atoms with Gasteiger partial charge in [0.25, 0.3) is 5.56 Å². The minimum Gasteiger partial charge on any atom is -0.481 e. The number of ether oxygens (including phenoxy) is 1. The summed E-state index contributed by atoms with van der Waals surface area (Å²) in [5.74, 6) is -0.877. The zero-order valence-electron chi connectivity index (χ0n) is 12.5. The van der Waals surface area contributed by atoms with Gasteiger partial charge in [0, 0.05) is 24.3 Å². The number of hydrogen-bond acceptors (Lipinski definition) is 4. The van der Waals surface area contributed by atoms with E-state index in [1.54, 1.807) is 33.8 Å². The fraction of sp³-hybridized carbons (Fsp3) is 0.400. The van der Waals surface area contributed by atoms with E-state index in [-0.39, 0.29) is 23.5 Å². The van der Waals surface area contributed by atoms with Gasteiger partial charge in [-0.3, -0.25) is 19.8 Å². The molecule has 1 aromatic rings. The fourth-order valence-electron chi connectivity index (χ4n) is 2.26. The van der Waals surface area contributed by atoms with Gasteiger partial charge in [0.1, 0.15) is 5.60 Å². The quantitative estimate of drug-likeness (QED) is 0.887. The summed E-state index contributed by atoms with van der Waals surface area (Å²) in [5, 5.41) is 0. The summed E-state index contributed by atoms with van der Waals surface area (Å²) in [4.78, 5) is 35.7. The highest BCUT2D eigenvalue weighted by molar-refractivity contribution is 6.04. The minimum atomic E-state index is -0.730. The van der Waals surface area contributed by atoms with Crippen LogP contribution in [0.2, 0.25) is 0 Å². The summed E-state index contributed by atoms with van der Waals surface area (Å²) >= 11 is 0. The molecule has 0 saturated heterocycles. The molecule has 0 aromatic carbocycles. The van der Waals surface area contributed by atoms with Gasteiger partial charge in [-0.1, -0.05) is 0 Å². The number of amides is 1. The molecule has 6 nitrogen and oxygen atoms in total. The molecule has 1 N–H and O–H groups in total. The lowest BCUT2D eigenvalue weighted by atomic mass is 9.98. The number of ketones is 1. The second-order valence-electron chi connectivity index (χ2n) is 5.80. The predicted molar refractivity (Wildman–Crippen MR) is 77.4 cm³/mol. The highest BCUT2D eigenvalue weighted by Gasteiger charge is 2.32. The standard InChI is InChI=1S/C15H18N2O4/c1-9-5-10(2)17(13(19)6-9)16-14(20)12-7-11(18)8-15(3,4)21-12/h5-7H,8H2,1-4H3,(H,16,20). The molecule has 1 amide bonds. The van der Waals surface area contributed by atoms with Crippen molar-refractivity contribution in [1.82, 2.24) is 4.68 Å². The average molecular weight is 290 g/mol. The van der Waals surface area contributed by atoms with Crippen LogP contribution >= 0.6 is 0 Å². The van der Waals surface area contributed by atoms with Crippen LogP contribution in [0, 0.1) is 13.8 Å². The summed E-state index contributed by atoms with van der Waals surface area (Å²) in [7, 11) is 0. The zero-order chi connectivity index (χ0) is 15.8. The summed E-state index contributed by atoms with van der Waals surface area (Å²) < 4.78 is 6.63. The molecule has 6 heteroatoms. The molecule has 0 atom stereocenters. The van der Waals surface area contributed by atoms with Gasteiger partial charge in [0.2, 0.25) is 0 Å². The molecule has 0 spiro atoms. The third kappa shape index (κ3) is 3.39. The van der Waals surface area contributed by atoms with Crippen LogP contribution in [-0.4, -0.2) is 22.0 Å². The second-order valence-corrected chi connectivity index (χ2v) is 5.80. The van der Waals surface area contributed by atoms with Gasteiger partial charge in [0.05, 0.1) is 0 Å². The van der Waals surface area contributed by atoms with Crippen LogP contribution < -0.4 is 11.0 Å². The Balaban J connectivity index is 2.27. The van der Waals surface area contributed by atoms with Crippen molar-refractivity contribution in [3.05, 3.63) is 45.6 Å². The van der Waals surface area contributed by atoms with Crippen molar-refractivity contribution in [2.45, 2.75) is 39.7 Å². The van der Waals surface area contributed by atoms with Crippen LogP contribution in [0.5, 0.6) is 0 Å². The first-order valence-electron chi connectivity index (χ1n) is 6.63. The number of allylic oxidation sites excluding steroid dienone is 1. The molecule has 2 heterocycles. The number of aryl methyl sites for hydroxylation is 2. The van der Waals surface area contributed by atoms with Crippen LogP contribution in [0.4, 0.5) is 0 Å². The first-order valence-corrected chi connectivity index (χ1v) is 6.63. The minimum absolute atomic E-state index is 0.0804. The van der Waals surface area contributed by atoms with Crippen LogP contribution in [0.25, 0.3) is 0 Å². The lowest BCUT2D eigenvalue weighted by Gasteiger charge is -2.29. The van der Waals surface area contributed by atoms with Gasteiger partial charge in [-0.25, -0.2) is 4.68 Å². The van der Waals surface area contributed by atoms with Gasteiger partial charge in [-0.2, -0.15) is 0 Å². The monoisotopic (exact) mass is 290 g/mol. The van der Waals surface area contributed by atoms with Gasteiger partial charge in [0.15, 0.2) is 11.5 Å². The van der Waals surface area contributed by atoms with Gasteiger partial charge >= 0.3 is 5.91 Å². The van der Waals surface area contributed by atoms with E-state index in [0.29, 0.717) is 5.69 Å². The molecule has 0 saturated carbocycles.